The maximum atomic E-state index is 12.2. The maximum absolute atomic E-state index is 12.2. The maximum Gasteiger partial charge on any atom is 0.253 e. The van der Waals surface area contributed by atoms with E-state index in [1.54, 1.807) is 24.3 Å². The molecule has 0 fully saturated rings. The summed E-state index contributed by atoms with van der Waals surface area (Å²) in [6, 6.07) is 13.6. The number of hydrogen-bond acceptors (Lipinski definition) is 2. The van der Waals surface area contributed by atoms with Crippen LogP contribution >= 0.6 is 11.6 Å². The van der Waals surface area contributed by atoms with Crippen LogP contribution in [-0.4, -0.2) is 17.9 Å². The molecule has 0 aliphatic carbocycles. The van der Waals surface area contributed by atoms with Crippen LogP contribution in [0.1, 0.15) is 21.5 Å². The highest BCUT2D eigenvalue weighted by Crippen LogP contribution is 2.15. The summed E-state index contributed by atoms with van der Waals surface area (Å²) in [5, 5.41) is 2.98. The van der Waals surface area contributed by atoms with E-state index in [1.807, 2.05) is 31.2 Å². The van der Waals surface area contributed by atoms with Crippen molar-refractivity contribution < 1.29 is 9.59 Å². The highest BCUT2D eigenvalue weighted by atomic mass is 35.5. The Morgan fingerprint density at radius 1 is 1.18 bits per heavy atom. The molecule has 2 amide bonds. The summed E-state index contributed by atoms with van der Waals surface area (Å²) in [5.41, 5.74) is 7.73. The van der Waals surface area contributed by atoms with Crippen LogP contribution in [0, 0.1) is 6.92 Å². The topological polar surface area (TPSA) is 72.2 Å². The fourth-order valence-corrected chi connectivity index (χ4v) is 2.40. The quantitative estimate of drug-likeness (QED) is 0.889. The highest BCUT2D eigenvalue weighted by Gasteiger charge is 2.20. The molecule has 3 N–H and O–H groups in total. The van der Waals surface area contributed by atoms with Gasteiger partial charge in [0.1, 0.15) is 6.04 Å². The Bertz CT molecular complexity index is 701. The van der Waals surface area contributed by atoms with Crippen LogP contribution in [0.2, 0.25) is 5.02 Å². The molecule has 0 radical (unpaired) electrons. The van der Waals surface area contributed by atoms with Gasteiger partial charge in [0.2, 0.25) is 5.91 Å². The molecular formula is C17H17ClN2O2. The second-order valence-electron chi connectivity index (χ2n) is 5.10. The molecule has 22 heavy (non-hydrogen) atoms. The summed E-state index contributed by atoms with van der Waals surface area (Å²) in [6.07, 6.45) is 0.340. The number of carbonyl (C=O) groups excluding carboxylic acids is 2. The van der Waals surface area contributed by atoms with E-state index in [1.165, 1.54) is 0 Å². The van der Waals surface area contributed by atoms with E-state index in [0.717, 1.165) is 11.1 Å². The van der Waals surface area contributed by atoms with Gasteiger partial charge in [0, 0.05) is 6.42 Å². The van der Waals surface area contributed by atoms with Gasteiger partial charge in [-0.05, 0) is 24.6 Å². The second-order valence-corrected chi connectivity index (χ2v) is 5.51. The van der Waals surface area contributed by atoms with Gasteiger partial charge in [0.05, 0.1) is 10.6 Å². The van der Waals surface area contributed by atoms with Crippen LogP contribution in [0.3, 0.4) is 0 Å². The molecule has 0 heterocycles. The number of halogens is 1. The Balaban J connectivity index is 2.14. The summed E-state index contributed by atoms with van der Waals surface area (Å²) in [6.45, 7) is 1.96. The van der Waals surface area contributed by atoms with Gasteiger partial charge < -0.3 is 11.1 Å². The number of nitrogens with one attached hydrogen (secondary N) is 1. The molecule has 5 heteroatoms. The predicted octanol–water partition coefficient (Wildman–Crippen LogP) is 2.47. The lowest BCUT2D eigenvalue weighted by atomic mass is 10.0. The van der Waals surface area contributed by atoms with Gasteiger partial charge in [0.15, 0.2) is 0 Å². The zero-order valence-electron chi connectivity index (χ0n) is 12.2. The Labute approximate surface area is 134 Å². The van der Waals surface area contributed by atoms with Crippen molar-refractivity contribution in [3.8, 4) is 0 Å². The lowest BCUT2D eigenvalue weighted by molar-refractivity contribution is -0.119. The minimum Gasteiger partial charge on any atom is -0.368 e. The molecule has 2 rings (SSSR count). The van der Waals surface area contributed by atoms with Gasteiger partial charge in [-0.15, -0.1) is 0 Å². The summed E-state index contributed by atoms with van der Waals surface area (Å²) >= 11 is 5.99. The number of aryl methyl sites for hydroxylation is 1. The third-order valence-corrected chi connectivity index (χ3v) is 3.62. The molecule has 0 unspecified atom stereocenters. The molecule has 0 aromatic heterocycles. The summed E-state index contributed by atoms with van der Waals surface area (Å²) < 4.78 is 0. The van der Waals surface area contributed by atoms with Crippen LogP contribution in [0.25, 0.3) is 0 Å². The van der Waals surface area contributed by atoms with E-state index in [2.05, 4.69) is 5.32 Å². The van der Waals surface area contributed by atoms with Gasteiger partial charge >= 0.3 is 0 Å². The molecule has 2 aromatic carbocycles. The zero-order chi connectivity index (χ0) is 16.1. The third kappa shape index (κ3) is 4.09. The van der Waals surface area contributed by atoms with Crippen LogP contribution < -0.4 is 11.1 Å². The van der Waals surface area contributed by atoms with Crippen molar-refractivity contribution in [2.24, 2.45) is 5.73 Å². The first-order chi connectivity index (χ1) is 10.5. The predicted molar refractivity (Wildman–Crippen MR) is 86.8 cm³/mol. The zero-order valence-corrected chi connectivity index (χ0v) is 12.9. The third-order valence-electron chi connectivity index (χ3n) is 3.29. The first-order valence-electron chi connectivity index (χ1n) is 6.87. The van der Waals surface area contributed by atoms with E-state index in [-0.39, 0.29) is 0 Å². The van der Waals surface area contributed by atoms with Gasteiger partial charge in [0.25, 0.3) is 5.91 Å². The van der Waals surface area contributed by atoms with Crippen molar-refractivity contribution in [3.05, 3.63) is 70.2 Å². The molecule has 0 saturated carbocycles. The van der Waals surface area contributed by atoms with Crippen molar-refractivity contribution in [3.63, 3.8) is 0 Å². The smallest absolute Gasteiger partial charge is 0.253 e. The average Bonchev–Trinajstić information content (AvgIpc) is 2.46. The lowest BCUT2D eigenvalue weighted by Gasteiger charge is -2.16. The number of hydrogen-bond donors (Lipinski definition) is 2. The van der Waals surface area contributed by atoms with E-state index in [9.17, 15) is 9.59 Å². The van der Waals surface area contributed by atoms with Gasteiger partial charge in [-0.2, -0.15) is 0 Å². The summed E-state index contributed by atoms with van der Waals surface area (Å²) in [7, 11) is 0. The van der Waals surface area contributed by atoms with Gasteiger partial charge in [-0.3, -0.25) is 9.59 Å². The SMILES string of the molecule is Cc1cccc(C[C@H](NC(=O)c2ccccc2Cl)C(N)=O)c1. The molecule has 114 valence electrons. The fourth-order valence-electron chi connectivity index (χ4n) is 2.18. The van der Waals surface area contributed by atoms with Crippen molar-refractivity contribution in [1.82, 2.24) is 5.32 Å². The Morgan fingerprint density at radius 3 is 2.55 bits per heavy atom. The van der Waals surface area contributed by atoms with Crippen LogP contribution in [0.4, 0.5) is 0 Å². The normalized spacial score (nSPS) is 11.7. The van der Waals surface area contributed by atoms with Crippen LogP contribution in [-0.2, 0) is 11.2 Å². The lowest BCUT2D eigenvalue weighted by Crippen LogP contribution is -2.45. The van der Waals surface area contributed by atoms with Crippen LogP contribution in [0.15, 0.2) is 48.5 Å². The average molecular weight is 317 g/mol. The number of primary amides is 1. The minimum atomic E-state index is -0.787. The molecule has 0 bridgehead atoms. The largest absolute Gasteiger partial charge is 0.368 e. The molecule has 0 saturated heterocycles. The van der Waals surface area contributed by atoms with E-state index in [4.69, 9.17) is 17.3 Å². The monoisotopic (exact) mass is 316 g/mol. The Kier molecular flexibility index (Phi) is 5.17. The molecule has 0 aliphatic heterocycles. The molecule has 2 aromatic rings. The Morgan fingerprint density at radius 2 is 1.91 bits per heavy atom. The van der Waals surface area contributed by atoms with Crippen molar-refractivity contribution in [2.75, 3.05) is 0 Å². The van der Waals surface area contributed by atoms with Crippen molar-refractivity contribution in [2.45, 2.75) is 19.4 Å². The van der Waals surface area contributed by atoms with E-state index in [0.29, 0.717) is 17.0 Å². The number of nitrogens with two attached hydrogens (primary N) is 1. The summed E-state index contributed by atoms with van der Waals surface area (Å²) in [4.78, 5) is 23.8. The van der Waals surface area contributed by atoms with E-state index >= 15 is 0 Å². The molecule has 0 aliphatic rings. The molecular weight excluding hydrogens is 300 g/mol. The summed E-state index contributed by atoms with van der Waals surface area (Å²) in [5.74, 6) is -0.996. The second kappa shape index (κ2) is 7.09. The van der Waals surface area contributed by atoms with E-state index < -0.39 is 17.9 Å². The number of rotatable bonds is 5. The van der Waals surface area contributed by atoms with Crippen molar-refractivity contribution in [1.29, 1.82) is 0 Å². The number of amides is 2. The molecule has 1 atom stereocenters. The standard InChI is InChI=1S/C17H17ClN2O2/c1-11-5-4-6-12(9-11)10-15(16(19)21)20-17(22)13-7-2-3-8-14(13)18/h2-9,15H,10H2,1H3,(H2,19,21)(H,20,22)/t15-/m0/s1. The first-order valence-corrected chi connectivity index (χ1v) is 7.25. The fraction of sp³-hybridized carbons (Fsp3) is 0.176. The van der Waals surface area contributed by atoms with Crippen molar-refractivity contribution >= 4 is 23.4 Å². The molecule has 0 spiro atoms. The van der Waals surface area contributed by atoms with Gasteiger partial charge in [-0.1, -0.05) is 53.6 Å². The van der Waals surface area contributed by atoms with Gasteiger partial charge in [-0.25, -0.2) is 0 Å². The number of carbonyl (C=O) groups is 2. The Hall–Kier alpha value is -2.33. The first kappa shape index (κ1) is 16.0. The van der Waals surface area contributed by atoms with Crippen LogP contribution in [0.5, 0.6) is 0 Å². The highest BCUT2D eigenvalue weighted by molar-refractivity contribution is 6.33. The minimum absolute atomic E-state index is 0.319. The number of benzene rings is 2. The molecule has 4 nitrogen and oxygen atoms in total.